The molecule has 0 saturated heterocycles. The van der Waals surface area contributed by atoms with Gasteiger partial charge in [0.05, 0.1) is 6.42 Å². The van der Waals surface area contributed by atoms with Gasteiger partial charge in [-0.2, -0.15) is 0 Å². The molecule has 0 fully saturated rings. The Bertz CT molecular complexity index is 592. The summed E-state index contributed by atoms with van der Waals surface area (Å²) in [6.07, 6.45) is -0.375. The molecule has 0 aromatic carbocycles. The zero-order valence-electron chi connectivity index (χ0n) is 19.6. The zero-order valence-corrected chi connectivity index (χ0v) is 24.5. The molecule has 166 valence electrons. The van der Waals surface area contributed by atoms with Crippen LogP contribution in [0.25, 0.3) is 0 Å². The molecule has 0 aliphatic heterocycles. The van der Waals surface area contributed by atoms with Crippen molar-refractivity contribution in [2.24, 2.45) is 0 Å². The normalized spacial score (nSPS) is 15.1. The second kappa shape index (κ2) is 9.40. The molecule has 0 rings (SSSR count). The Labute approximate surface area is 174 Å². The summed E-state index contributed by atoms with van der Waals surface area (Å²) in [7, 11) is -13.1. The maximum atomic E-state index is 13.9. The molecule has 28 heavy (non-hydrogen) atoms. The molecule has 0 bridgehead atoms. The van der Waals surface area contributed by atoms with Crippen molar-refractivity contribution in [3.05, 3.63) is 0 Å². The van der Waals surface area contributed by atoms with E-state index in [0.717, 1.165) is 0 Å². The van der Waals surface area contributed by atoms with Gasteiger partial charge >= 0.3 is 13.6 Å². The molecule has 0 saturated carbocycles. The lowest BCUT2D eigenvalue weighted by atomic mass is 10.3. The average Bonchev–Trinajstić information content (AvgIpc) is 2.25. The minimum atomic E-state index is -3.95. The zero-order chi connectivity index (χ0) is 22.8. The van der Waals surface area contributed by atoms with Crippen LogP contribution >= 0.6 is 7.60 Å². The Morgan fingerprint density at radius 1 is 0.679 bits per heavy atom. The maximum Gasteiger partial charge on any atom is 0.326 e. The van der Waals surface area contributed by atoms with Crippen molar-refractivity contribution in [1.82, 2.24) is 0 Å². The van der Waals surface area contributed by atoms with E-state index < -0.39 is 58.5 Å². The van der Waals surface area contributed by atoms with Crippen molar-refractivity contribution in [3.63, 3.8) is 0 Å². The lowest BCUT2D eigenvalue weighted by molar-refractivity contribution is -0.141. The molecular formula is C16H39O7PSi4. The van der Waals surface area contributed by atoms with E-state index >= 15 is 0 Å². The van der Waals surface area contributed by atoms with Gasteiger partial charge in [-0.05, 0) is 78.6 Å². The van der Waals surface area contributed by atoms with Crippen molar-refractivity contribution in [2.45, 2.75) is 90.6 Å². The molecule has 1 unspecified atom stereocenters. The summed E-state index contributed by atoms with van der Waals surface area (Å²) in [5, 5.41) is 0. The van der Waals surface area contributed by atoms with Crippen molar-refractivity contribution in [1.29, 1.82) is 0 Å². The largest absolute Gasteiger partial charge is 0.520 e. The van der Waals surface area contributed by atoms with Gasteiger partial charge in [0.25, 0.3) is 5.97 Å². The van der Waals surface area contributed by atoms with E-state index in [1.807, 2.05) is 78.6 Å². The van der Waals surface area contributed by atoms with Gasteiger partial charge in [-0.15, -0.1) is 0 Å². The van der Waals surface area contributed by atoms with E-state index in [2.05, 4.69) is 0 Å². The van der Waals surface area contributed by atoms with Crippen LogP contribution in [0.5, 0.6) is 0 Å². The van der Waals surface area contributed by atoms with Gasteiger partial charge in [0.2, 0.25) is 16.6 Å². The SMILES string of the molecule is C[Si](C)(C)OC(=O)CC(C(=O)O[Si](C)(C)C)P(=O)(O[Si](C)(C)C)O[Si](C)(C)C. The molecule has 0 spiro atoms. The van der Waals surface area contributed by atoms with Crippen LogP contribution in [-0.2, 0) is 31.4 Å². The fraction of sp³-hybridized carbons (Fsp3) is 0.875. The van der Waals surface area contributed by atoms with Gasteiger partial charge in [0.1, 0.15) is 0 Å². The number of rotatable bonds is 10. The molecule has 1 atom stereocenters. The van der Waals surface area contributed by atoms with Gasteiger partial charge in [-0.1, -0.05) is 0 Å². The summed E-state index contributed by atoms with van der Waals surface area (Å²) in [5.74, 6) is -1.28. The highest BCUT2D eigenvalue weighted by Gasteiger charge is 2.49. The third-order valence-corrected chi connectivity index (χ3v) is 11.9. The smallest absolute Gasteiger partial charge is 0.326 e. The van der Waals surface area contributed by atoms with Crippen LogP contribution in [0.3, 0.4) is 0 Å². The first-order chi connectivity index (χ1) is 12.0. The van der Waals surface area contributed by atoms with Gasteiger partial charge in [-0.3, -0.25) is 14.2 Å². The first kappa shape index (κ1) is 28.0. The van der Waals surface area contributed by atoms with Crippen LogP contribution in [-0.4, -0.2) is 50.9 Å². The lowest BCUT2D eigenvalue weighted by Crippen LogP contribution is -2.41. The van der Waals surface area contributed by atoms with Crippen molar-refractivity contribution in [3.8, 4) is 0 Å². The number of hydrogen-bond donors (Lipinski definition) is 0. The van der Waals surface area contributed by atoms with E-state index in [1.54, 1.807) is 0 Å². The second-order valence-electron chi connectivity index (χ2n) is 10.8. The summed E-state index contributed by atoms with van der Waals surface area (Å²) >= 11 is 0. The van der Waals surface area contributed by atoms with Crippen LogP contribution in [0.15, 0.2) is 0 Å². The highest BCUT2D eigenvalue weighted by atomic mass is 31.2. The third kappa shape index (κ3) is 12.5. The minimum absolute atomic E-state index is 0.375. The summed E-state index contributed by atoms with van der Waals surface area (Å²) in [5.41, 5.74) is -1.32. The van der Waals surface area contributed by atoms with Crippen molar-refractivity contribution < 1.29 is 31.4 Å². The maximum absolute atomic E-state index is 13.9. The summed E-state index contributed by atoms with van der Waals surface area (Å²) in [4.78, 5) is 25.5. The Hall–Kier alpha value is -0.0425. The van der Waals surface area contributed by atoms with Crippen molar-refractivity contribution in [2.75, 3.05) is 0 Å². The van der Waals surface area contributed by atoms with Crippen LogP contribution in [0, 0.1) is 0 Å². The standard InChI is InChI=1S/C16H39O7PSi4/c1-25(2,3)20-15(17)13-14(16(18)21-26(4,5)6)24(19,22-27(7,8)9)23-28(10,11)12/h14H,13H2,1-12H3. The average molecular weight is 487 g/mol. The molecule has 0 aromatic rings. The Balaban J connectivity index is 6.12. The molecule has 0 aliphatic carbocycles. The number of hydrogen-bond acceptors (Lipinski definition) is 7. The fourth-order valence-electron chi connectivity index (χ4n) is 2.14. The van der Waals surface area contributed by atoms with Crippen LogP contribution in [0.1, 0.15) is 6.42 Å². The van der Waals surface area contributed by atoms with E-state index in [1.165, 1.54) is 0 Å². The number of carbonyl (C=O) groups is 2. The summed E-state index contributed by atoms with van der Waals surface area (Å²) in [6.45, 7) is 22.4. The summed E-state index contributed by atoms with van der Waals surface area (Å²) < 4.78 is 36.9. The van der Waals surface area contributed by atoms with E-state index in [0.29, 0.717) is 0 Å². The molecule has 0 N–H and O–H groups in total. The van der Waals surface area contributed by atoms with Gasteiger partial charge in [0, 0.05) is 0 Å². The predicted molar refractivity (Wildman–Crippen MR) is 124 cm³/mol. The lowest BCUT2D eigenvalue weighted by Gasteiger charge is -2.35. The van der Waals surface area contributed by atoms with E-state index in [-0.39, 0.29) is 6.42 Å². The molecule has 7 nitrogen and oxygen atoms in total. The van der Waals surface area contributed by atoms with Gasteiger partial charge in [0.15, 0.2) is 22.3 Å². The van der Waals surface area contributed by atoms with E-state index in [4.69, 9.17) is 17.3 Å². The molecular weight excluding hydrogens is 447 g/mol. The molecule has 0 amide bonds. The van der Waals surface area contributed by atoms with E-state index in [9.17, 15) is 14.2 Å². The monoisotopic (exact) mass is 486 g/mol. The summed E-state index contributed by atoms with van der Waals surface area (Å²) in [6, 6.07) is 0. The second-order valence-corrected chi connectivity index (χ2v) is 31.3. The molecule has 12 heteroatoms. The Kier molecular flexibility index (Phi) is 9.39. The van der Waals surface area contributed by atoms with Gasteiger partial charge < -0.3 is 17.3 Å². The topological polar surface area (TPSA) is 88.1 Å². The van der Waals surface area contributed by atoms with Crippen LogP contribution in [0.4, 0.5) is 0 Å². The number of carbonyl (C=O) groups excluding carboxylic acids is 2. The molecule has 0 aliphatic rings. The van der Waals surface area contributed by atoms with Crippen LogP contribution in [0.2, 0.25) is 78.6 Å². The van der Waals surface area contributed by atoms with Crippen LogP contribution < -0.4 is 0 Å². The fourth-order valence-corrected chi connectivity index (χ4v) is 12.0. The minimum Gasteiger partial charge on any atom is -0.520 e. The highest BCUT2D eigenvalue weighted by molar-refractivity contribution is 7.59. The quantitative estimate of drug-likeness (QED) is 0.302. The first-order valence-corrected chi connectivity index (χ1v) is 24.7. The predicted octanol–water partition coefficient (Wildman–Crippen LogP) is 5.40. The third-order valence-electron chi connectivity index (χ3n) is 2.64. The molecule has 0 aromatic heterocycles. The van der Waals surface area contributed by atoms with Gasteiger partial charge in [-0.25, -0.2) is 0 Å². The van der Waals surface area contributed by atoms with Crippen molar-refractivity contribution >= 4 is 52.8 Å². The highest BCUT2D eigenvalue weighted by Crippen LogP contribution is 2.58. The Morgan fingerprint density at radius 3 is 1.32 bits per heavy atom. The molecule has 0 radical (unpaired) electrons. The molecule has 0 heterocycles. The first-order valence-electron chi connectivity index (χ1n) is 9.49. The Morgan fingerprint density at radius 2 is 1.04 bits per heavy atom.